The van der Waals surface area contributed by atoms with Gasteiger partial charge in [-0.3, -0.25) is 44.5 Å². The van der Waals surface area contributed by atoms with Crippen molar-refractivity contribution in [1.82, 2.24) is 31.9 Å². The number of carbonyl (C=O) groups excluding carboxylic acids is 2. The highest BCUT2D eigenvalue weighted by molar-refractivity contribution is 7.54. The highest BCUT2D eigenvalue weighted by atomic mass is 31.2. The topological polar surface area (TPSA) is 182 Å². The molecule has 16 nitrogen and oxygen atoms in total. The van der Waals surface area contributed by atoms with Gasteiger partial charge in [0.15, 0.2) is 5.75 Å². The summed E-state index contributed by atoms with van der Waals surface area (Å²) in [7, 11) is -9.95. The van der Waals surface area contributed by atoms with Crippen LogP contribution in [0.2, 0.25) is 10.1 Å². The Hall–Kier alpha value is -7.52. The summed E-state index contributed by atoms with van der Waals surface area (Å²) in [6, 6.07) is 65.9. The van der Waals surface area contributed by atoms with Gasteiger partial charge in [0.05, 0.1) is 76.6 Å². The summed E-state index contributed by atoms with van der Waals surface area (Å²) < 4.78 is 37.7. The van der Waals surface area contributed by atoms with Crippen LogP contribution in [0.4, 0.5) is 0 Å². The summed E-state index contributed by atoms with van der Waals surface area (Å²) in [6.45, 7) is 18.6. The zero-order valence-electron chi connectivity index (χ0n) is 53.4. The second-order valence-electron chi connectivity index (χ2n) is 26.4. The summed E-state index contributed by atoms with van der Waals surface area (Å²) in [5.41, 5.74) is 1.79. The van der Waals surface area contributed by atoms with E-state index in [1.165, 1.54) is 32.9 Å². The molecule has 2 unspecified atom stereocenters. The van der Waals surface area contributed by atoms with Crippen molar-refractivity contribution in [3.05, 3.63) is 222 Å². The highest BCUT2D eigenvalue weighted by Crippen LogP contribution is 2.55. The third-order valence-electron chi connectivity index (χ3n) is 18.0. The molecule has 4 aliphatic rings. The summed E-state index contributed by atoms with van der Waals surface area (Å²) in [6.07, 6.45) is 3.39. The molecule has 4 atom stereocenters. The number of phosphoric ester groups is 1. The molecule has 6 N–H and O–H groups in total. The molecule has 7 aromatic carbocycles. The Kier molecular flexibility index (Phi) is 20.7. The molecule has 0 saturated carbocycles. The number of nitrogens with zero attached hydrogens (tertiary/aromatic N) is 2. The lowest BCUT2D eigenvalue weighted by Crippen LogP contribution is -2.68. The van der Waals surface area contributed by atoms with E-state index in [1.807, 2.05) is 60.7 Å². The van der Waals surface area contributed by atoms with Crippen LogP contribution in [-0.4, -0.2) is 126 Å². The Bertz CT molecular complexity index is 3310. The van der Waals surface area contributed by atoms with Crippen molar-refractivity contribution in [1.29, 1.82) is 0 Å². The first-order chi connectivity index (χ1) is 44.0. The first kappa shape index (κ1) is 65.0. The van der Waals surface area contributed by atoms with Crippen LogP contribution in [0.15, 0.2) is 200 Å². The number of benzene rings is 7. The predicted octanol–water partition coefficient (Wildman–Crippen LogP) is 7.33. The quantitative estimate of drug-likeness (QED) is 0.0202. The summed E-state index contributed by atoms with van der Waals surface area (Å²) in [4.78, 5) is 44.0. The molecule has 0 saturated heterocycles. The van der Waals surface area contributed by atoms with E-state index in [9.17, 15) is 14.5 Å². The fourth-order valence-electron chi connectivity index (χ4n) is 13.2. The molecule has 7 aromatic rings. The minimum absolute atomic E-state index is 0.0262. The number of carbonyl (C=O) groups is 2. The zero-order valence-corrected chi connectivity index (χ0v) is 56.3. The largest absolute Gasteiger partial charge is 0.598 e. The maximum atomic E-state index is 14.8. The molecule has 11 rings (SSSR count). The lowest BCUT2D eigenvalue weighted by Gasteiger charge is -2.44. The number of hydrogen-bond donors (Lipinski definition) is 6. The van der Waals surface area contributed by atoms with Gasteiger partial charge in [-0.1, -0.05) is 224 Å². The van der Waals surface area contributed by atoms with Crippen LogP contribution in [0.3, 0.4) is 0 Å². The fourth-order valence-corrected chi connectivity index (χ4v) is 23.6. The molecule has 91 heavy (non-hydrogen) atoms. The highest BCUT2D eigenvalue weighted by Gasteiger charge is 2.52. The molecule has 4 heterocycles. The monoisotopic (exact) mass is 1280 g/mol. The number of phosphoric acid groups is 1. The van der Waals surface area contributed by atoms with E-state index >= 15 is 0 Å². The van der Waals surface area contributed by atoms with Crippen LogP contribution < -0.4 is 62.1 Å². The van der Waals surface area contributed by atoms with E-state index in [-0.39, 0.29) is 77.4 Å². The molecule has 0 radical (unpaired) electrons. The van der Waals surface area contributed by atoms with E-state index in [0.717, 1.165) is 74.9 Å². The first-order valence-corrected chi connectivity index (χ1v) is 37.4. The summed E-state index contributed by atoms with van der Waals surface area (Å²) in [5, 5.41) is 25.9. The van der Waals surface area contributed by atoms with Gasteiger partial charge in [-0.15, -0.1) is 0 Å². The first-order valence-electron chi connectivity index (χ1n) is 32.1. The molecule has 2 amide bonds. The van der Waals surface area contributed by atoms with Crippen molar-refractivity contribution in [2.45, 2.75) is 115 Å². The van der Waals surface area contributed by atoms with E-state index in [1.54, 1.807) is 6.07 Å². The van der Waals surface area contributed by atoms with Crippen molar-refractivity contribution in [3.63, 3.8) is 0 Å². The molecule has 0 aromatic heterocycles. The maximum absolute atomic E-state index is 14.8. The predicted molar refractivity (Wildman–Crippen MR) is 364 cm³/mol. The number of nitrogens with one attached hydrogen (secondary N) is 6. The van der Waals surface area contributed by atoms with E-state index in [2.05, 4.69) is 204 Å². The number of amides is 2. The van der Waals surface area contributed by atoms with Crippen molar-refractivity contribution in [2.24, 2.45) is 0 Å². The molecule has 0 spiro atoms. The second kappa shape index (κ2) is 29.0. The molecule has 19 heteroatoms. The molecule has 4 aliphatic heterocycles. The number of guanidine groups is 2. The normalized spacial score (nSPS) is 18.7. The number of rotatable bonds is 24. The Balaban J connectivity index is 0.773. The minimum Gasteiger partial charge on any atom is -0.598 e. The van der Waals surface area contributed by atoms with Crippen LogP contribution in [0.1, 0.15) is 99.1 Å². The van der Waals surface area contributed by atoms with Crippen molar-refractivity contribution < 1.29 is 46.1 Å². The Morgan fingerprint density at radius 3 is 1.11 bits per heavy atom. The van der Waals surface area contributed by atoms with Crippen molar-refractivity contribution >= 4 is 69.3 Å². The van der Waals surface area contributed by atoms with E-state index in [0.29, 0.717) is 13.2 Å². The van der Waals surface area contributed by atoms with Gasteiger partial charge in [0.1, 0.15) is 13.2 Å². The lowest BCUT2D eigenvalue weighted by atomic mass is 10.1. The molecular weight excluding hydrogens is 1190 g/mol. The Morgan fingerprint density at radius 1 is 0.473 bits per heavy atom. The van der Waals surface area contributed by atoms with Crippen LogP contribution in [0.25, 0.3) is 0 Å². The van der Waals surface area contributed by atoms with Gasteiger partial charge < -0.3 is 24.4 Å². The van der Waals surface area contributed by atoms with Gasteiger partial charge in [-0.2, -0.15) is 9.05 Å². The molecule has 0 fully saturated rings. The van der Waals surface area contributed by atoms with Crippen LogP contribution in [0.5, 0.6) is 5.75 Å². The van der Waals surface area contributed by atoms with Gasteiger partial charge in [0.25, 0.3) is 28.4 Å². The average molecular weight is 1280 g/mol. The summed E-state index contributed by atoms with van der Waals surface area (Å²) >= 11 is 0. The maximum Gasteiger partial charge on any atom is 0.429 e. The molecular formula is C72H89N8O8PSi2+2. The lowest BCUT2D eigenvalue weighted by molar-refractivity contribution is -0.542. The third-order valence-corrected chi connectivity index (χ3v) is 29.3. The SMILES string of the molecule is CC(C)(C)[Si](OC[C@@H]1CC[N+]2=C(NC(CNC(=O)c3cc(O[P+]([O-])(OCc4ccccc4)OCc4ccccc4)cc(C(=O)NCC4CC[N+]5=C(N4)N[C@H](CO[Si](c4ccccc4)(c4ccccc4)C(C)(C)C)CC5)c3)CC2)N1)(c1ccccc1)c1ccccc1. The van der Waals surface area contributed by atoms with Crippen LogP contribution in [-0.2, 0) is 31.1 Å². The zero-order chi connectivity index (χ0) is 63.5. The second-order valence-corrected chi connectivity index (χ2v) is 36.6. The van der Waals surface area contributed by atoms with Crippen LogP contribution >= 0.6 is 8.17 Å². The van der Waals surface area contributed by atoms with Gasteiger partial charge in [0.2, 0.25) is 0 Å². The van der Waals surface area contributed by atoms with Crippen LogP contribution in [0, 0.1) is 0 Å². The third kappa shape index (κ3) is 15.5. The van der Waals surface area contributed by atoms with Crippen molar-refractivity contribution in [2.75, 3.05) is 52.5 Å². The van der Waals surface area contributed by atoms with E-state index < -0.39 is 36.6 Å². The Morgan fingerprint density at radius 2 is 0.780 bits per heavy atom. The molecule has 476 valence electrons. The number of hydrogen-bond acceptors (Lipinski definition) is 12. The standard InChI is InChI=1S/C72H87N8O8PSi2/c1-71(2,3)90(63-29-17-9-18-30-63,64-31-19-10-20-32-64)86-52-60-39-43-79-41-37-58(75-69(79)77-60)48-73-67(81)56-45-57(47-62(46-56)88-89(83,84-50-54-25-13-7-14-26-54)85-51-55-27-15-8-16-28-55)68(82)74-49-59-38-42-80-44-40-61(78-70(80)76-59)53-87-91(72(4,5)6,65-33-21-11-22-34-65)66-35-23-12-24-36-66/h7-36,45-47,58-61H,37-44,48-53H2,1-6H3,(H4,73,74,75,76,77,78,81,82)/p+2/t58?,59?,60-,61-/m0/s1. The van der Waals surface area contributed by atoms with Crippen molar-refractivity contribution in [3.8, 4) is 5.75 Å². The Labute approximate surface area is 539 Å². The minimum atomic E-state index is -4.42. The fraction of sp³-hybridized carbons (Fsp3) is 0.361. The average Bonchev–Trinajstić information content (AvgIpc) is 0.860. The molecule has 0 bridgehead atoms. The van der Waals surface area contributed by atoms with Gasteiger partial charge in [-0.05, 0) is 60.1 Å². The summed E-state index contributed by atoms with van der Waals surface area (Å²) in [5.74, 6) is 0.939. The van der Waals surface area contributed by atoms with E-state index in [4.69, 9.17) is 22.4 Å². The van der Waals surface area contributed by atoms with Gasteiger partial charge in [-0.25, -0.2) is 0 Å². The van der Waals surface area contributed by atoms with Gasteiger partial charge in [0, 0.05) is 36.8 Å². The molecule has 0 aliphatic carbocycles. The smallest absolute Gasteiger partial charge is 0.429 e. The van der Waals surface area contributed by atoms with Gasteiger partial charge >= 0.3 is 20.1 Å².